The number of nitrogens with zero attached hydrogens (tertiary/aromatic N) is 3. The van der Waals surface area contributed by atoms with E-state index in [1.165, 1.54) is 0 Å². The maximum atomic E-state index is 13.1. The van der Waals surface area contributed by atoms with Gasteiger partial charge in [0.1, 0.15) is 11.4 Å². The van der Waals surface area contributed by atoms with Crippen LogP contribution in [0.1, 0.15) is 42.5 Å². The zero-order chi connectivity index (χ0) is 23.9. The highest BCUT2D eigenvalue weighted by Crippen LogP contribution is 2.33. The van der Waals surface area contributed by atoms with E-state index in [0.717, 1.165) is 22.5 Å². The van der Waals surface area contributed by atoms with Crippen molar-refractivity contribution >= 4 is 11.6 Å². The highest BCUT2D eigenvalue weighted by molar-refractivity contribution is 5.94. The minimum atomic E-state index is -0.283. The summed E-state index contributed by atoms with van der Waals surface area (Å²) in [6.45, 7) is 6.82. The second kappa shape index (κ2) is 8.37. The number of carbonyl (C=O) groups is 1. The molecule has 34 heavy (non-hydrogen) atoms. The molecule has 1 N–H and O–H groups in total. The van der Waals surface area contributed by atoms with Crippen LogP contribution in [-0.4, -0.2) is 34.4 Å². The van der Waals surface area contributed by atoms with Gasteiger partial charge in [-0.3, -0.25) is 4.79 Å². The van der Waals surface area contributed by atoms with E-state index in [1.54, 1.807) is 17.7 Å². The number of aromatic nitrogens is 3. The summed E-state index contributed by atoms with van der Waals surface area (Å²) in [6, 6.07) is 16.9. The summed E-state index contributed by atoms with van der Waals surface area (Å²) < 4.78 is 18.1. The second-order valence-corrected chi connectivity index (χ2v) is 9.15. The molecule has 0 unspecified atom stereocenters. The summed E-state index contributed by atoms with van der Waals surface area (Å²) in [7, 11) is 1.62. The van der Waals surface area contributed by atoms with E-state index < -0.39 is 0 Å². The van der Waals surface area contributed by atoms with Gasteiger partial charge in [-0.05, 0) is 35.9 Å². The van der Waals surface area contributed by atoms with Crippen LogP contribution in [0.4, 0.5) is 0 Å². The lowest BCUT2D eigenvalue weighted by atomic mass is 9.93. The number of para-hydroxylation sites is 1. The SMILES string of the molecule is COc1ccccc1-c1cc(C(=O)NCc2ccc3c(c2)OCO3)nc2cc(C(C)(C)C)nn12. The van der Waals surface area contributed by atoms with E-state index in [2.05, 4.69) is 31.1 Å². The highest BCUT2D eigenvalue weighted by atomic mass is 16.7. The van der Waals surface area contributed by atoms with E-state index in [-0.39, 0.29) is 18.1 Å². The number of fused-ring (bicyclic) bond motifs is 2. The van der Waals surface area contributed by atoms with Crippen LogP contribution in [0.3, 0.4) is 0 Å². The van der Waals surface area contributed by atoms with Gasteiger partial charge >= 0.3 is 0 Å². The van der Waals surface area contributed by atoms with Gasteiger partial charge in [-0.15, -0.1) is 0 Å². The lowest BCUT2D eigenvalue weighted by Gasteiger charge is -2.14. The van der Waals surface area contributed by atoms with Crippen molar-refractivity contribution in [3.05, 3.63) is 71.5 Å². The molecule has 0 aliphatic carbocycles. The Morgan fingerprint density at radius 1 is 1.09 bits per heavy atom. The quantitative estimate of drug-likeness (QED) is 0.478. The number of hydrogen-bond donors (Lipinski definition) is 1. The van der Waals surface area contributed by atoms with Gasteiger partial charge in [-0.25, -0.2) is 9.50 Å². The molecule has 0 saturated heterocycles. The van der Waals surface area contributed by atoms with Crippen LogP contribution < -0.4 is 19.5 Å². The van der Waals surface area contributed by atoms with Crippen molar-refractivity contribution < 1.29 is 19.0 Å². The number of rotatable bonds is 5. The predicted molar refractivity (Wildman–Crippen MR) is 127 cm³/mol. The van der Waals surface area contributed by atoms with Crippen molar-refractivity contribution in [3.63, 3.8) is 0 Å². The molecule has 0 fully saturated rings. The van der Waals surface area contributed by atoms with Gasteiger partial charge in [-0.1, -0.05) is 39.0 Å². The first-order valence-electron chi connectivity index (χ1n) is 11.0. The number of carbonyl (C=O) groups excluding carboxylic acids is 1. The Balaban J connectivity index is 1.52. The molecule has 8 nitrogen and oxygen atoms in total. The topological polar surface area (TPSA) is 87.0 Å². The molecule has 0 radical (unpaired) electrons. The van der Waals surface area contributed by atoms with Crippen molar-refractivity contribution in [1.29, 1.82) is 0 Å². The van der Waals surface area contributed by atoms with E-state index in [9.17, 15) is 4.79 Å². The van der Waals surface area contributed by atoms with Gasteiger partial charge in [-0.2, -0.15) is 5.10 Å². The molecular weight excluding hydrogens is 432 g/mol. The molecule has 0 spiro atoms. The van der Waals surface area contributed by atoms with Gasteiger partial charge in [0.25, 0.3) is 5.91 Å². The fourth-order valence-electron chi connectivity index (χ4n) is 3.83. The Bertz CT molecular complexity index is 1390. The van der Waals surface area contributed by atoms with E-state index in [1.807, 2.05) is 48.5 Å². The number of hydrogen-bond acceptors (Lipinski definition) is 6. The van der Waals surface area contributed by atoms with Gasteiger partial charge in [0, 0.05) is 23.6 Å². The molecule has 1 aliphatic rings. The molecule has 0 bridgehead atoms. The molecule has 174 valence electrons. The van der Waals surface area contributed by atoms with E-state index >= 15 is 0 Å². The van der Waals surface area contributed by atoms with Crippen LogP contribution in [0.2, 0.25) is 0 Å². The van der Waals surface area contributed by atoms with Crippen LogP contribution >= 0.6 is 0 Å². The van der Waals surface area contributed by atoms with Crippen molar-refractivity contribution in [2.45, 2.75) is 32.7 Å². The van der Waals surface area contributed by atoms with Crippen LogP contribution in [-0.2, 0) is 12.0 Å². The summed E-state index contributed by atoms with van der Waals surface area (Å²) in [5.74, 6) is 1.79. The van der Waals surface area contributed by atoms with Crippen LogP contribution in [0.25, 0.3) is 16.9 Å². The van der Waals surface area contributed by atoms with Crippen molar-refractivity contribution in [3.8, 4) is 28.5 Å². The smallest absolute Gasteiger partial charge is 0.270 e. The first-order valence-corrected chi connectivity index (χ1v) is 11.0. The standard InChI is InChI=1S/C26H26N4O4/c1-26(2,3)23-13-24-28-18(12-19(30(24)29-23)17-7-5-6-8-20(17)32-4)25(31)27-14-16-9-10-21-22(11-16)34-15-33-21/h5-13H,14-15H2,1-4H3,(H,27,31). The third-order valence-electron chi connectivity index (χ3n) is 5.70. The van der Waals surface area contributed by atoms with Crippen molar-refractivity contribution in [2.75, 3.05) is 13.9 Å². The third-order valence-corrected chi connectivity index (χ3v) is 5.70. The molecule has 8 heteroatoms. The normalized spacial score (nSPS) is 12.7. The zero-order valence-electron chi connectivity index (χ0n) is 19.6. The molecule has 2 aromatic heterocycles. The molecular formula is C26H26N4O4. The predicted octanol–water partition coefficient (Wildman–Crippen LogP) is 4.36. The lowest BCUT2D eigenvalue weighted by Crippen LogP contribution is -2.24. The summed E-state index contributed by atoms with van der Waals surface area (Å²) in [6.07, 6.45) is 0. The lowest BCUT2D eigenvalue weighted by molar-refractivity contribution is 0.0946. The van der Waals surface area contributed by atoms with Crippen LogP contribution in [0.5, 0.6) is 17.2 Å². The van der Waals surface area contributed by atoms with Crippen LogP contribution in [0.15, 0.2) is 54.6 Å². The molecule has 0 atom stereocenters. The Morgan fingerprint density at radius 3 is 2.68 bits per heavy atom. The Morgan fingerprint density at radius 2 is 1.88 bits per heavy atom. The fourth-order valence-corrected chi connectivity index (χ4v) is 3.83. The van der Waals surface area contributed by atoms with E-state index in [4.69, 9.17) is 19.3 Å². The fraction of sp³-hybridized carbons (Fsp3) is 0.269. The second-order valence-electron chi connectivity index (χ2n) is 9.15. The summed E-state index contributed by atoms with van der Waals surface area (Å²) in [4.78, 5) is 17.8. The van der Waals surface area contributed by atoms with Gasteiger partial charge in [0.05, 0.1) is 18.5 Å². The number of benzene rings is 2. The zero-order valence-corrected chi connectivity index (χ0v) is 19.6. The monoisotopic (exact) mass is 458 g/mol. The number of amides is 1. The third kappa shape index (κ3) is 4.03. The van der Waals surface area contributed by atoms with Crippen molar-refractivity contribution in [1.82, 2.24) is 19.9 Å². The largest absolute Gasteiger partial charge is 0.496 e. The van der Waals surface area contributed by atoms with Gasteiger partial charge in [0.15, 0.2) is 17.1 Å². The Labute approximate surface area is 197 Å². The average Bonchev–Trinajstić information content (AvgIpc) is 3.48. The van der Waals surface area contributed by atoms with Crippen molar-refractivity contribution in [2.24, 2.45) is 0 Å². The number of nitrogens with one attached hydrogen (secondary N) is 1. The summed E-state index contributed by atoms with van der Waals surface area (Å²) >= 11 is 0. The first-order chi connectivity index (χ1) is 16.3. The van der Waals surface area contributed by atoms with Gasteiger partial charge < -0.3 is 19.5 Å². The molecule has 0 saturated carbocycles. The minimum Gasteiger partial charge on any atom is -0.496 e. The van der Waals surface area contributed by atoms with Crippen LogP contribution in [0, 0.1) is 0 Å². The molecule has 1 amide bonds. The maximum Gasteiger partial charge on any atom is 0.270 e. The number of methoxy groups -OCH3 is 1. The van der Waals surface area contributed by atoms with E-state index in [0.29, 0.717) is 35.1 Å². The Kier molecular flexibility index (Phi) is 5.36. The number of ether oxygens (including phenoxy) is 3. The maximum absolute atomic E-state index is 13.1. The average molecular weight is 459 g/mol. The van der Waals surface area contributed by atoms with Gasteiger partial charge in [0.2, 0.25) is 6.79 Å². The summed E-state index contributed by atoms with van der Waals surface area (Å²) in [5.41, 5.74) is 4.07. The Hall–Kier alpha value is -4.07. The molecule has 5 rings (SSSR count). The minimum absolute atomic E-state index is 0.173. The first kappa shape index (κ1) is 21.8. The summed E-state index contributed by atoms with van der Waals surface area (Å²) in [5, 5.41) is 7.76. The molecule has 3 heterocycles. The molecule has 2 aromatic carbocycles. The molecule has 4 aromatic rings. The molecule has 1 aliphatic heterocycles. The highest BCUT2D eigenvalue weighted by Gasteiger charge is 2.22.